The lowest BCUT2D eigenvalue weighted by atomic mass is 10.1. The molecule has 0 aliphatic carbocycles. The Morgan fingerprint density at radius 2 is 2.08 bits per heavy atom. The number of amides is 2. The minimum absolute atomic E-state index is 0.000218. The van der Waals surface area contributed by atoms with Crippen molar-refractivity contribution in [3.8, 4) is 0 Å². The van der Waals surface area contributed by atoms with Gasteiger partial charge in [-0.1, -0.05) is 17.7 Å². The molecule has 1 aliphatic heterocycles. The van der Waals surface area contributed by atoms with Crippen LogP contribution in [0.25, 0.3) is 6.08 Å². The Labute approximate surface area is 149 Å². The van der Waals surface area contributed by atoms with Crippen molar-refractivity contribution in [2.75, 3.05) is 16.8 Å². The highest BCUT2D eigenvalue weighted by atomic mass is 35.5. The first-order chi connectivity index (χ1) is 12.0. The van der Waals surface area contributed by atoms with Gasteiger partial charge in [-0.15, -0.1) is 0 Å². The van der Waals surface area contributed by atoms with E-state index in [4.69, 9.17) is 11.6 Å². The number of carbonyl (C=O) groups is 2. The first-order valence-corrected chi connectivity index (χ1v) is 8.17. The maximum absolute atomic E-state index is 13.7. The zero-order valence-corrected chi connectivity index (χ0v) is 14.3. The third kappa shape index (κ3) is 3.72. The SMILES string of the molecule is CC(=O)N1CCc2cc(NC(=O)/C=C/c3c(F)cccc3Cl)ccc21. The zero-order chi connectivity index (χ0) is 18.0. The normalized spacial score (nSPS) is 13.2. The first kappa shape index (κ1) is 17.2. The molecular formula is C19H16ClFN2O2. The Morgan fingerprint density at radius 1 is 1.28 bits per heavy atom. The Balaban J connectivity index is 1.72. The second-order valence-electron chi connectivity index (χ2n) is 5.72. The first-order valence-electron chi connectivity index (χ1n) is 7.80. The molecule has 1 heterocycles. The van der Waals surface area contributed by atoms with Crippen LogP contribution >= 0.6 is 11.6 Å². The number of rotatable bonds is 3. The third-order valence-electron chi connectivity index (χ3n) is 4.02. The van der Waals surface area contributed by atoms with Gasteiger partial charge in [-0.3, -0.25) is 9.59 Å². The molecule has 3 rings (SSSR count). The predicted octanol–water partition coefficient (Wildman–Crippen LogP) is 4.04. The van der Waals surface area contributed by atoms with Crippen LogP contribution in [0, 0.1) is 5.82 Å². The summed E-state index contributed by atoms with van der Waals surface area (Å²) in [6.07, 6.45) is 3.33. The van der Waals surface area contributed by atoms with Gasteiger partial charge in [-0.05, 0) is 48.4 Å². The smallest absolute Gasteiger partial charge is 0.248 e. The summed E-state index contributed by atoms with van der Waals surface area (Å²) in [5.41, 5.74) is 2.68. The van der Waals surface area contributed by atoms with Crippen LogP contribution in [0.3, 0.4) is 0 Å². The van der Waals surface area contributed by atoms with Crippen LogP contribution in [-0.4, -0.2) is 18.4 Å². The number of halogens is 2. The molecule has 0 bridgehead atoms. The van der Waals surface area contributed by atoms with E-state index in [9.17, 15) is 14.0 Å². The summed E-state index contributed by atoms with van der Waals surface area (Å²) in [6.45, 7) is 2.18. The molecule has 4 nitrogen and oxygen atoms in total. The summed E-state index contributed by atoms with van der Waals surface area (Å²) in [7, 11) is 0. The fourth-order valence-corrected chi connectivity index (χ4v) is 3.05. The summed E-state index contributed by atoms with van der Waals surface area (Å²) in [6, 6.07) is 9.75. The summed E-state index contributed by atoms with van der Waals surface area (Å²) in [4.78, 5) is 25.3. The van der Waals surface area contributed by atoms with E-state index in [-0.39, 0.29) is 22.4 Å². The molecule has 6 heteroatoms. The molecule has 0 aromatic heterocycles. The number of hydrogen-bond donors (Lipinski definition) is 1. The second-order valence-corrected chi connectivity index (χ2v) is 6.13. The van der Waals surface area contributed by atoms with Gasteiger partial charge in [0.05, 0.1) is 5.02 Å². The number of nitrogens with one attached hydrogen (secondary N) is 1. The minimum atomic E-state index is -0.488. The van der Waals surface area contributed by atoms with Gasteiger partial charge in [0.15, 0.2) is 0 Å². The highest BCUT2D eigenvalue weighted by Crippen LogP contribution is 2.30. The van der Waals surface area contributed by atoms with Crippen molar-refractivity contribution >= 4 is 40.9 Å². The van der Waals surface area contributed by atoms with Crippen LogP contribution in [0.5, 0.6) is 0 Å². The summed E-state index contributed by atoms with van der Waals surface area (Å²) in [5, 5.41) is 2.97. The third-order valence-corrected chi connectivity index (χ3v) is 4.35. The number of anilines is 2. The van der Waals surface area contributed by atoms with Crippen molar-refractivity contribution < 1.29 is 14.0 Å². The molecule has 2 amide bonds. The Bertz CT molecular complexity index is 859. The number of benzene rings is 2. The number of hydrogen-bond acceptors (Lipinski definition) is 2. The summed E-state index contributed by atoms with van der Waals surface area (Å²) >= 11 is 5.92. The van der Waals surface area contributed by atoms with E-state index in [1.165, 1.54) is 31.2 Å². The van der Waals surface area contributed by atoms with E-state index in [2.05, 4.69) is 5.32 Å². The summed E-state index contributed by atoms with van der Waals surface area (Å²) < 4.78 is 13.7. The van der Waals surface area contributed by atoms with Gasteiger partial charge in [0, 0.05) is 36.5 Å². The average Bonchev–Trinajstić information content (AvgIpc) is 2.97. The topological polar surface area (TPSA) is 49.4 Å². The van der Waals surface area contributed by atoms with Gasteiger partial charge in [0.25, 0.3) is 0 Å². The van der Waals surface area contributed by atoms with Crippen LogP contribution < -0.4 is 10.2 Å². The molecule has 2 aromatic carbocycles. The van der Waals surface area contributed by atoms with Crippen molar-refractivity contribution in [2.24, 2.45) is 0 Å². The van der Waals surface area contributed by atoms with Crippen molar-refractivity contribution in [2.45, 2.75) is 13.3 Å². The average molecular weight is 359 g/mol. The molecule has 1 N–H and O–H groups in total. The van der Waals surface area contributed by atoms with E-state index in [0.717, 1.165) is 17.7 Å². The Kier molecular flexibility index (Phi) is 4.86. The van der Waals surface area contributed by atoms with Gasteiger partial charge >= 0.3 is 0 Å². The minimum Gasteiger partial charge on any atom is -0.323 e. The predicted molar refractivity (Wildman–Crippen MR) is 97.2 cm³/mol. The number of carbonyl (C=O) groups excluding carboxylic acids is 2. The molecule has 2 aromatic rings. The Hall–Kier alpha value is -2.66. The van der Waals surface area contributed by atoms with Crippen molar-refractivity contribution in [1.82, 2.24) is 0 Å². The highest BCUT2D eigenvalue weighted by molar-refractivity contribution is 6.32. The second kappa shape index (κ2) is 7.07. The molecule has 25 heavy (non-hydrogen) atoms. The van der Waals surface area contributed by atoms with Gasteiger partial charge in [0.2, 0.25) is 11.8 Å². The van der Waals surface area contributed by atoms with Crippen LogP contribution in [0.2, 0.25) is 5.02 Å². The lowest BCUT2D eigenvalue weighted by Gasteiger charge is -2.14. The fraction of sp³-hybridized carbons (Fsp3) is 0.158. The Morgan fingerprint density at radius 3 is 2.80 bits per heavy atom. The van der Waals surface area contributed by atoms with Crippen molar-refractivity contribution in [1.29, 1.82) is 0 Å². The fourth-order valence-electron chi connectivity index (χ4n) is 2.82. The van der Waals surface area contributed by atoms with Gasteiger partial charge < -0.3 is 10.2 Å². The largest absolute Gasteiger partial charge is 0.323 e. The van der Waals surface area contributed by atoms with Crippen LogP contribution in [0.15, 0.2) is 42.5 Å². The lowest BCUT2D eigenvalue weighted by Crippen LogP contribution is -2.25. The molecule has 0 radical (unpaired) electrons. The molecule has 1 aliphatic rings. The van der Waals surface area contributed by atoms with Gasteiger partial charge in [-0.2, -0.15) is 0 Å². The molecule has 0 unspecified atom stereocenters. The molecule has 0 saturated carbocycles. The number of nitrogens with zero attached hydrogens (tertiary/aromatic N) is 1. The summed E-state index contributed by atoms with van der Waals surface area (Å²) in [5.74, 6) is -0.876. The molecule has 0 fully saturated rings. The van der Waals surface area contributed by atoms with Gasteiger partial charge in [0.1, 0.15) is 5.82 Å². The quantitative estimate of drug-likeness (QED) is 0.842. The van der Waals surface area contributed by atoms with Crippen LogP contribution in [0.4, 0.5) is 15.8 Å². The van der Waals surface area contributed by atoms with E-state index in [0.29, 0.717) is 12.2 Å². The van der Waals surface area contributed by atoms with Crippen LogP contribution in [-0.2, 0) is 16.0 Å². The van der Waals surface area contributed by atoms with Crippen LogP contribution in [0.1, 0.15) is 18.1 Å². The molecular weight excluding hydrogens is 343 g/mol. The highest BCUT2D eigenvalue weighted by Gasteiger charge is 2.22. The van der Waals surface area contributed by atoms with E-state index >= 15 is 0 Å². The monoisotopic (exact) mass is 358 g/mol. The van der Waals surface area contributed by atoms with E-state index in [1.807, 2.05) is 12.1 Å². The van der Waals surface area contributed by atoms with Crippen molar-refractivity contribution in [3.05, 3.63) is 64.4 Å². The molecule has 0 saturated heterocycles. The molecule has 0 atom stereocenters. The van der Waals surface area contributed by atoms with E-state index in [1.54, 1.807) is 17.0 Å². The zero-order valence-electron chi connectivity index (χ0n) is 13.6. The number of fused-ring (bicyclic) bond motifs is 1. The van der Waals surface area contributed by atoms with E-state index < -0.39 is 5.82 Å². The maximum Gasteiger partial charge on any atom is 0.248 e. The molecule has 0 spiro atoms. The standard InChI is InChI=1S/C19H16ClFN2O2/c1-12(24)23-10-9-13-11-14(5-7-18(13)23)22-19(25)8-6-15-16(20)3-2-4-17(15)21/h2-8,11H,9-10H2,1H3,(H,22,25)/b8-6+. The van der Waals surface area contributed by atoms with Gasteiger partial charge in [-0.25, -0.2) is 4.39 Å². The maximum atomic E-state index is 13.7. The van der Waals surface area contributed by atoms with Crippen molar-refractivity contribution in [3.63, 3.8) is 0 Å². The lowest BCUT2D eigenvalue weighted by molar-refractivity contribution is -0.116. The molecule has 128 valence electrons.